The highest BCUT2D eigenvalue weighted by atomic mass is 35.5. The van der Waals surface area contributed by atoms with Crippen molar-refractivity contribution >= 4 is 17.4 Å². The van der Waals surface area contributed by atoms with Gasteiger partial charge in [-0.25, -0.2) is 4.98 Å². The van der Waals surface area contributed by atoms with Crippen molar-refractivity contribution in [3.05, 3.63) is 23.6 Å². The highest BCUT2D eigenvalue weighted by Gasteiger charge is 2.48. The fraction of sp³-hybridized carbons (Fsp3) is 0.500. The second-order valence-corrected chi connectivity index (χ2v) is 5.30. The molecule has 4 heterocycles. The SMILES string of the molecule is CCC12COCCN1c1nc(Cl)ncc1-n1cnnc12. The van der Waals surface area contributed by atoms with Gasteiger partial charge in [0.1, 0.15) is 17.6 Å². The number of hydrogen-bond donors (Lipinski definition) is 0. The molecule has 2 aliphatic heterocycles. The Bertz CT molecular complexity index is 674. The van der Waals surface area contributed by atoms with E-state index in [0.29, 0.717) is 13.2 Å². The average Bonchev–Trinajstić information content (AvgIpc) is 2.97. The maximum Gasteiger partial charge on any atom is 0.224 e. The van der Waals surface area contributed by atoms with Gasteiger partial charge in [-0.15, -0.1) is 10.2 Å². The normalized spacial score (nSPS) is 24.0. The van der Waals surface area contributed by atoms with Crippen LogP contribution >= 0.6 is 11.6 Å². The van der Waals surface area contributed by atoms with Gasteiger partial charge in [-0.2, -0.15) is 4.98 Å². The molecule has 1 saturated heterocycles. The lowest BCUT2D eigenvalue weighted by atomic mass is 9.90. The van der Waals surface area contributed by atoms with E-state index in [4.69, 9.17) is 16.3 Å². The molecule has 0 aliphatic carbocycles. The summed E-state index contributed by atoms with van der Waals surface area (Å²) < 4.78 is 7.64. The van der Waals surface area contributed by atoms with Gasteiger partial charge in [-0.3, -0.25) is 4.57 Å². The van der Waals surface area contributed by atoms with Crippen molar-refractivity contribution in [2.24, 2.45) is 0 Å². The highest BCUT2D eigenvalue weighted by Crippen LogP contribution is 2.43. The van der Waals surface area contributed by atoms with Gasteiger partial charge in [0.05, 0.1) is 19.4 Å². The molecule has 1 atom stereocenters. The van der Waals surface area contributed by atoms with Gasteiger partial charge in [0.2, 0.25) is 5.28 Å². The summed E-state index contributed by atoms with van der Waals surface area (Å²) in [7, 11) is 0. The quantitative estimate of drug-likeness (QED) is 0.735. The molecular weight excluding hydrogens is 280 g/mol. The van der Waals surface area contributed by atoms with Crippen LogP contribution in [0.5, 0.6) is 0 Å². The van der Waals surface area contributed by atoms with Crippen LogP contribution < -0.4 is 4.90 Å². The number of hydrogen-bond acceptors (Lipinski definition) is 6. The zero-order valence-corrected chi connectivity index (χ0v) is 11.7. The van der Waals surface area contributed by atoms with E-state index in [1.165, 1.54) is 0 Å². The number of rotatable bonds is 1. The highest BCUT2D eigenvalue weighted by molar-refractivity contribution is 6.28. The second-order valence-electron chi connectivity index (χ2n) is 4.96. The van der Waals surface area contributed by atoms with E-state index in [2.05, 4.69) is 32.0 Å². The molecule has 0 amide bonds. The molecule has 0 bridgehead atoms. The summed E-state index contributed by atoms with van der Waals surface area (Å²) in [4.78, 5) is 10.7. The van der Waals surface area contributed by atoms with E-state index < -0.39 is 0 Å². The van der Waals surface area contributed by atoms with E-state index >= 15 is 0 Å². The molecule has 0 spiro atoms. The summed E-state index contributed by atoms with van der Waals surface area (Å²) in [5, 5.41) is 8.61. The van der Waals surface area contributed by atoms with Crippen molar-refractivity contribution in [1.29, 1.82) is 0 Å². The topological polar surface area (TPSA) is 69.0 Å². The van der Waals surface area contributed by atoms with Crippen LogP contribution in [0.25, 0.3) is 5.69 Å². The van der Waals surface area contributed by atoms with E-state index in [-0.39, 0.29) is 10.8 Å². The van der Waals surface area contributed by atoms with Gasteiger partial charge in [0, 0.05) is 6.54 Å². The minimum atomic E-state index is -0.334. The minimum absolute atomic E-state index is 0.247. The van der Waals surface area contributed by atoms with Crippen molar-refractivity contribution in [3.63, 3.8) is 0 Å². The fourth-order valence-electron chi connectivity index (χ4n) is 3.08. The van der Waals surface area contributed by atoms with Crippen molar-refractivity contribution in [3.8, 4) is 5.69 Å². The lowest BCUT2D eigenvalue weighted by Crippen LogP contribution is -2.58. The van der Waals surface area contributed by atoms with Gasteiger partial charge in [0.25, 0.3) is 0 Å². The summed E-state index contributed by atoms with van der Waals surface area (Å²) in [6.45, 7) is 4.11. The van der Waals surface area contributed by atoms with Gasteiger partial charge in [-0.05, 0) is 18.0 Å². The number of halogens is 1. The first kappa shape index (κ1) is 12.0. The van der Waals surface area contributed by atoms with Gasteiger partial charge < -0.3 is 9.64 Å². The largest absolute Gasteiger partial charge is 0.377 e. The standard InChI is InChI=1S/C12H13ClN6O/c1-2-12-6-20-4-3-19(12)9-8(5-14-11(13)16-9)18-7-15-17-10(12)18/h5,7H,2-4,6H2,1H3. The minimum Gasteiger partial charge on any atom is -0.377 e. The third-order valence-corrected chi connectivity index (χ3v) is 4.28. The molecule has 0 saturated carbocycles. The van der Waals surface area contributed by atoms with E-state index in [0.717, 1.165) is 30.3 Å². The third kappa shape index (κ3) is 1.39. The lowest BCUT2D eigenvalue weighted by Gasteiger charge is -2.49. The maximum absolute atomic E-state index is 5.98. The van der Waals surface area contributed by atoms with Crippen molar-refractivity contribution in [2.45, 2.75) is 18.9 Å². The van der Waals surface area contributed by atoms with Gasteiger partial charge in [0.15, 0.2) is 11.6 Å². The van der Waals surface area contributed by atoms with Crippen LogP contribution in [0.4, 0.5) is 5.82 Å². The van der Waals surface area contributed by atoms with Crippen LogP contribution in [0.2, 0.25) is 5.28 Å². The molecule has 4 rings (SSSR count). The van der Waals surface area contributed by atoms with Crippen molar-refractivity contribution in [1.82, 2.24) is 24.7 Å². The Morgan fingerprint density at radius 3 is 3.25 bits per heavy atom. The summed E-state index contributed by atoms with van der Waals surface area (Å²) in [5.41, 5.74) is 0.528. The fourth-order valence-corrected chi connectivity index (χ4v) is 3.21. The Kier molecular flexibility index (Phi) is 2.49. The molecule has 0 aromatic carbocycles. The zero-order chi connectivity index (χ0) is 13.7. The molecule has 2 aliphatic rings. The second kappa shape index (κ2) is 4.13. The maximum atomic E-state index is 5.98. The van der Waals surface area contributed by atoms with Crippen molar-refractivity contribution < 1.29 is 4.74 Å². The molecule has 2 aromatic heterocycles. The van der Waals surface area contributed by atoms with Crippen molar-refractivity contribution in [2.75, 3.05) is 24.7 Å². The first-order chi connectivity index (χ1) is 9.76. The Labute approximate surface area is 120 Å². The van der Waals surface area contributed by atoms with Crippen LogP contribution in [-0.4, -0.2) is 44.5 Å². The lowest BCUT2D eigenvalue weighted by molar-refractivity contribution is 0.0390. The molecule has 0 radical (unpaired) electrons. The number of ether oxygens (including phenoxy) is 1. The number of morpholine rings is 1. The van der Waals surface area contributed by atoms with Crippen LogP contribution in [0.3, 0.4) is 0 Å². The first-order valence-corrected chi connectivity index (χ1v) is 6.93. The Hall–Kier alpha value is -1.73. The number of fused-ring (bicyclic) bond motifs is 6. The molecular formula is C12H13ClN6O. The van der Waals surface area contributed by atoms with Crippen LogP contribution in [0.15, 0.2) is 12.5 Å². The summed E-state index contributed by atoms with van der Waals surface area (Å²) in [6.07, 6.45) is 4.26. The number of nitrogens with zero attached hydrogens (tertiary/aromatic N) is 6. The van der Waals surface area contributed by atoms with Gasteiger partial charge in [-0.1, -0.05) is 6.92 Å². The number of aromatic nitrogens is 5. The molecule has 8 heteroatoms. The van der Waals surface area contributed by atoms with Crippen LogP contribution in [-0.2, 0) is 10.3 Å². The third-order valence-electron chi connectivity index (χ3n) is 4.10. The molecule has 0 N–H and O–H groups in total. The Morgan fingerprint density at radius 2 is 2.40 bits per heavy atom. The first-order valence-electron chi connectivity index (χ1n) is 6.55. The molecule has 1 fully saturated rings. The predicted molar refractivity (Wildman–Crippen MR) is 72.1 cm³/mol. The molecule has 2 aromatic rings. The van der Waals surface area contributed by atoms with Gasteiger partial charge >= 0.3 is 0 Å². The average molecular weight is 293 g/mol. The monoisotopic (exact) mass is 292 g/mol. The molecule has 20 heavy (non-hydrogen) atoms. The van der Waals surface area contributed by atoms with Crippen LogP contribution in [0, 0.1) is 0 Å². The molecule has 1 unspecified atom stereocenters. The predicted octanol–water partition coefficient (Wildman–Crippen LogP) is 1.17. The van der Waals surface area contributed by atoms with E-state index in [1.807, 2.05) is 4.57 Å². The van der Waals surface area contributed by atoms with Crippen LogP contribution in [0.1, 0.15) is 19.2 Å². The number of anilines is 1. The summed E-state index contributed by atoms with van der Waals surface area (Å²) in [6, 6.07) is 0. The van der Waals surface area contributed by atoms with E-state index in [1.54, 1.807) is 12.5 Å². The summed E-state index contributed by atoms with van der Waals surface area (Å²) in [5.74, 6) is 1.69. The molecule has 104 valence electrons. The Balaban J connectivity index is 2.03. The van der Waals surface area contributed by atoms with E-state index in [9.17, 15) is 0 Å². The zero-order valence-electron chi connectivity index (χ0n) is 11.0. The summed E-state index contributed by atoms with van der Waals surface area (Å²) >= 11 is 5.98. The molecule has 7 nitrogen and oxygen atoms in total. The Morgan fingerprint density at radius 1 is 1.50 bits per heavy atom. The smallest absolute Gasteiger partial charge is 0.224 e.